The average molecular weight is 440 g/mol. The summed E-state index contributed by atoms with van der Waals surface area (Å²) in [4.78, 5) is 29.0. The number of primary amides is 1. The summed E-state index contributed by atoms with van der Waals surface area (Å²) in [7, 11) is 0. The predicted octanol–water partition coefficient (Wildman–Crippen LogP) is 2.56. The predicted molar refractivity (Wildman–Crippen MR) is 123 cm³/mol. The largest absolute Gasteiger partial charge is 0.381 e. The van der Waals surface area contributed by atoms with Crippen LogP contribution < -0.4 is 5.73 Å². The van der Waals surface area contributed by atoms with Gasteiger partial charge >= 0.3 is 0 Å². The highest BCUT2D eigenvalue weighted by atomic mass is 16.5. The van der Waals surface area contributed by atoms with Gasteiger partial charge in [-0.15, -0.1) is 0 Å². The molecule has 4 atom stereocenters. The molecule has 4 aliphatic rings. The van der Waals surface area contributed by atoms with E-state index in [2.05, 4.69) is 34.1 Å². The molecule has 6 nitrogen and oxygen atoms in total. The second-order valence-electron chi connectivity index (χ2n) is 10.3. The first-order chi connectivity index (χ1) is 15.6. The van der Waals surface area contributed by atoms with Crippen molar-refractivity contribution < 1.29 is 14.3 Å². The molecule has 3 saturated heterocycles. The molecule has 3 heterocycles. The maximum atomic E-state index is 13.0. The van der Waals surface area contributed by atoms with E-state index in [-0.39, 0.29) is 17.9 Å². The summed E-state index contributed by atoms with van der Waals surface area (Å²) in [6.45, 7) is 5.20. The van der Waals surface area contributed by atoms with Gasteiger partial charge in [0, 0.05) is 38.8 Å². The van der Waals surface area contributed by atoms with Crippen LogP contribution >= 0.6 is 0 Å². The van der Waals surface area contributed by atoms with Crippen LogP contribution in [0.15, 0.2) is 24.3 Å². The molecule has 6 heteroatoms. The van der Waals surface area contributed by atoms with Crippen LogP contribution in [0.1, 0.15) is 55.6 Å². The van der Waals surface area contributed by atoms with E-state index in [1.807, 2.05) is 0 Å². The molecule has 2 N–H and O–H groups in total. The summed E-state index contributed by atoms with van der Waals surface area (Å²) in [5.74, 6) is 2.18. The van der Waals surface area contributed by atoms with Gasteiger partial charge in [-0.05, 0) is 80.4 Å². The molecule has 1 aromatic rings. The van der Waals surface area contributed by atoms with Gasteiger partial charge in [-0.3, -0.25) is 14.5 Å². The number of hydrogen-bond acceptors (Lipinski definition) is 4. The SMILES string of the molecule is NC(=O)C1CCCN1CCc1ccc(C2CCC3CN(C(=O)C4CCOCC4)CC32)cc1. The van der Waals surface area contributed by atoms with Gasteiger partial charge < -0.3 is 15.4 Å². The maximum Gasteiger partial charge on any atom is 0.234 e. The second-order valence-corrected chi connectivity index (χ2v) is 10.3. The summed E-state index contributed by atoms with van der Waals surface area (Å²) >= 11 is 0. The van der Waals surface area contributed by atoms with Crippen molar-refractivity contribution in [3.8, 4) is 0 Å². The molecule has 4 unspecified atom stereocenters. The molecule has 0 radical (unpaired) electrons. The van der Waals surface area contributed by atoms with Crippen molar-refractivity contribution in [3.63, 3.8) is 0 Å². The number of carbonyl (C=O) groups is 2. The second kappa shape index (κ2) is 9.52. The van der Waals surface area contributed by atoms with Gasteiger partial charge in [0.25, 0.3) is 0 Å². The lowest BCUT2D eigenvalue weighted by molar-refractivity contribution is -0.137. The Morgan fingerprint density at radius 2 is 1.78 bits per heavy atom. The van der Waals surface area contributed by atoms with Gasteiger partial charge in [-0.25, -0.2) is 0 Å². The van der Waals surface area contributed by atoms with Crippen LogP contribution in [0.3, 0.4) is 0 Å². The first kappa shape index (κ1) is 21.9. The highest BCUT2D eigenvalue weighted by Gasteiger charge is 2.45. The topological polar surface area (TPSA) is 75.9 Å². The van der Waals surface area contributed by atoms with Crippen molar-refractivity contribution >= 4 is 11.8 Å². The molecule has 0 aromatic heterocycles. The van der Waals surface area contributed by atoms with E-state index in [0.717, 1.165) is 71.5 Å². The molecule has 1 saturated carbocycles. The molecular formula is C26H37N3O3. The summed E-state index contributed by atoms with van der Waals surface area (Å²) < 4.78 is 5.44. The van der Waals surface area contributed by atoms with Crippen LogP contribution in [0.2, 0.25) is 0 Å². The number of rotatable bonds is 6. The third kappa shape index (κ3) is 4.44. The normalized spacial score (nSPS) is 31.2. The molecule has 0 spiro atoms. The average Bonchev–Trinajstić information content (AvgIpc) is 3.54. The lowest BCUT2D eigenvalue weighted by Crippen LogP contribution is -2.41. The quantitative estimate of drug-likeness (QED) is 0.739. The molecule has 174 valence electrons. The van der Waals surface area contributed by atoms with Gasteiger partial charge in [0.1, 0.15) is 0 Å². The molecule has 3 aliphatic heterocycles. The van der Waals surface area contributed by atoms with Crippen molar-refractivity contribution in [2.24, 2.45) is 23.5 Å². The molecule has 1 aromatic carbocycles. The zero-order valence-electron chi connectivity index (χ0n) is 19.1. The summed E-state index contributed by atoms with van der Waals surface area (Å²) in [6.07, 6.45) is 7.14. The molecule has 32 heavy (non-hydrogen) atoms. The Morgan fingerprint density at radius 1 is 1.00 bits per heavy atom. The standard InChI is InChI=1S/C26H37N3O3/c27-25(30)24-2-1-12-28(24)13-9-18-3-5-19(6-4-18)22-8-7-21-16-29(17-23(21)22)26(31)20-10-14-32-15-11-20/h3-6,20-24H,1-2,7-17H2,(H2,27,30). The Labute approximate surface area is 191 Å². The Morgan fingerprint density at radius 3 is 2.53 bits per heavy atom. The number of nitrogens with two attached hydrogens (primary N) is 1. The number of fused-ring (bicyclic) bond motifs is 1. The van der Waals surface area contributed by atoms with E-state index >= 15 is 0 Å². The Bertz CT molecular complexity index is 820. The molecular weight excluding hydrogens is 402 g/mol. The number of hydrogen-bond donors (Lipinski definition) is 1. The van der Waals surface area contributed by atoms with Crippen LogP contribution in [0.25, 0.3) is 0 Å². The molecule has 4 fully saturated rings. The molecule has 0 bridgehead atoms. The third-order valence-electron chi connectivity index (χ3n) is 8.53. The van der Waals surface area contributed by atoms with Gasteiger partial charge in [0.2, 0.25) is 11.8 Å². The monoisotopic (exact) mass is 439 g/mol. The first-order valence-corrected chi connectivity index (χ1v) is 12.6. The van der Waals surface area contributed by atoms with Gasteiger partial charge in [0.05, 0.1) is 6.04 Å². The minimum atomic E-state index is -0.186. The third-order valence-corrected chi connectivity index (χ3v) is 8.53. The fraction of sp³-hybridized carbons (Fsp3) is 0.692. The van der Waals surface area contributed by atoms with E-state index in [1.54, 1.807) is 0 Å². The summed E-state index contributed by atoms with van der Waals surface area (Å²) in [6, 6.07) is 9.05. The van der Waals surface area contributed by atoms with Crippen LogP contribution in [0.4, 0.5) is 0 Å². The number of nitrogens with zero attached hydrogens (tertiary/aromatic N) is 2. The van der Waals surface area contributed by atoms with Gasteiger partial charge in [-0.1, -0.05) is 24.3 Å². The van der Waals surface area contributed by atoms with Crippen molar-refractivity contribution in [1.29, 1.82) is 0 Å². The van der Waals surface area contributed by atoms with E-state index in [1.165, 1.54) is 24.0 Å². The fourth-order valence-electron chi connectivity index (χ4n) is 6.68. The van der Waals surface area contributed by atoms with E-state index in [4.69, 9.17) is 10.5 Å². The Hall–Kier alpha value is -1.92. The fourth-order valence-corrected chi connectivity index (χ4v) is 6.68. The number of benzene rings is 1. The highest BCUT2D eigenvalue weighted by Crippen LogP contribution is 2.48. The zero-order valence-corrected chi connectivity index (χ0v) is 19.1. The van der Waals surface area contributed by atoms with E-state index < -0.39 is 0 Å². The summed E-state index contributed by atoms with van der Waals surface area (Å²) in [5.41, 5.74) is 8.30. The summed E-state index contributed by atoms with van der Waals surface area (Å²) in [5, 5.41) is 0. The molecule has 1 aliphatic carbocycles. The van der Waals surface area contributed by atoms with Crippen LogP contribution in [-0.4, -0.2) is 67.0 Å². The first-order valence-electron chi connectivity index (χ1n) is 12.6. The lowest BCUT2D eigenvalue weighted by atomic mass is 9.86. The van der Waals surface area contributed by atoms with Crippen LogP contribution in [0, 0.1) is 17.8 Å². The van der Waals surface area contributed by atoms with Crippen molar-refractivity contribution in [1.82, 2.24) is 9.80 Å². The number of ether oxygens (including phenoxy) is 1. The molecule has 5 rings (SSSR count). The smallest absolute Gasteiger partial charge is 0.234 e. The number of likely N-dealkylation sites (tertiary alicyclic amines) is 2. The van der Waals surface area contributed by atoms with Crippen molar-refractivity contribution in [3.05, 3.63) is 35.4 Å². The zero-order chi connectivity index (χ0) is 22.1. The Balaban J connectivity index is 1.17. The maximum absolute atomic E-state index is 13.0. The number of carbonyl (C=O) groups excluding carboxylic acids is 2. The van der Waals surface area contributed by atoms with E-state index in [0.29, 0.717) is 23.7 Å². The van der Waals surface area contributed by atoms with Gasteiger partial charge in [0.15, 0.2) is 0 Å². The van der Waals surface area contributed by atoms with Crippen molar-refractivity contribution in [2.75, 3.05) is 39.4 Å². The highest BCUT2D eigenvalue weighted by molar-refractivity contribution is 5.80. The minimum Gasteiger partial charge on any atom is -0.381 e. The van der Waals surface area contributed by atoms with Crippen LogP contribution in [-0.2, 0) is 20.7 Å². The number of amides is 2. The van der Waals surface area contributed by atoms with Gasteiger partial charge in [-0.2, -0.15) is 0 Å². The molecule has 2 amide bonds. The van der Waals surface area contributed by atoms with Crippen LogP contribution in [0.5, 0.6) is 0 Å². The lowest BCUT2D eigenvalue weighted by Gasteiger charge is -2.27. The Kier molecular flexibility index (Phi) is 6.51. The minimum absolute atomic E-state index is 0.0844. The van der Waals surface area contributed by atoms with Crippen molar-refractivity contribution in [2.45, 2.75) is 56.9 Å². The van der Waals surface area contributed by atoms with E-state index in [9.17, 15) is 9.59 Å².